The van der Waals surface area contributed by atoms with Crippen molar-refractivity contribution in [1.29, 1.82) is 0 Å². The number of imidazole rings is 1. The normalized spacial score (nSPS) is 20.9. The number of aromatic amines is 1. The lowest BCUT2D eigenvalue weighted by Crippen LogP contribution is -2.43. The van der Waals surface area contributed by atoms with Crippen molar-refractivity contribution in [2.75, 3.05) is 37.6 Å². The van der Waals surface area contributed by atoms with E-state index in [4.69, 9.17) is 4.98 Å². The van der Waals surface area contributed by atoms with Gasteiger partial charge in [-0.05, 0) is 121 Å². The van der Waals surface area contributed by atoms with Crippen molar-refractivity contribution in [3.05, 3.63) is 48.0 Å². The summed E-state index contributed by atoms with van der Waals surface area (Å²) in [6, 6.07) is 6.29. The van der Waals surface area contributed by atoms with Crippen LogP contribution in [0.15, 0.2) is 42.3 Å². The molecule has 170 valence electrons. The number of pyridine rings is 1. The minimum atomic E-state index is 0.612. The molecule has 0 radical (unpaired) electrons. The summed E-state index contributed by atoms with van der Waals surface area (Å²) >= 11 is 14.7. The Bertz CT molecular complexity index is 1050. The Morgan fingerprint density at radius 2 is 1.72 bits per heavy atom. The van der Waals surface area contributed by atoms with Gasteiger partial charge in [-0.3, -0.25) is 4.98 Å². The Labute approximate surface area is 222 Å². The van der Waals surface area contributed by atoms with Gasteiger partial charge in [-0.25, -0.2) is 4.98 Å². The van der Waals surface area contributed by atoms with Crippen LogP contribution in [0.3, 0.4) is 0 Å². The number of anilines is 1. The second kappa shape index (κ2) is 10.0. The lowest BCUT2D eigenvalue weighted by Gasteiger charge is -2.38. The highest BCUT2D eigenvalue weighted by molar-refractivity contribution is 9.15. The number of nitrogens with one attached hydrogen (secondary N) is 1. The van der Waals surface area contributed by atoms with E-state index in [0.29, 0.717) is 11.8 Å². The number of hydrogen-bond donors (Lipinski definition) is 1. The third kappa shape index (κ3) is 4.69. The third-order valence-corrected chi connectivity index (χ3v) is 11.5. The van der Waals surface area contributed by atoms with Gasteiger partial charge in [0.25, 0.3) is 0 Å². The zero-order valence-electron chi connectivity index (χ0n) is 17.6. The van der Waals surface area contributed by atoms with Gasteiger partial charge in [0.15, 0.2) is 0 Å². The molecule has 0 amide bonds. The molecule has 0 saturated carbocycles. The summed E-state index contributed by atoms with van der Waals surface area (Å²) in [4.78, 5) is 18.2. The number of rotatable bonds is 4. The number of likely N-dealkylation sites (tertiary alicyclic amines) is 1. The number of fused-ring (bicyclic) bond motifs is 1. The fraction of sp³-hybridized carbons (Fsp3) is 0.478. The lowest BCUT2D eigenvalue weighted by atomic mass is 9.91. The second-order valence-corrected chi connectivity index (χ2v) is 12.0. The summed E-state index contributed by atoms with van der Waals surface area (Å²) in [6.07, 6.45) is 6.85. The van der Waals surface area contributed by atoms with Gasteiger partial charge in [-0.2, -0.15) is 0 Å². The highest BCUT2D eigenvalue weighted by Crippen LogP contribution is 2.43. The first-order valence-corrected chi connectivity index (χ1v) is 14.3. The van der Waals surface area contributed by atoms with Gasteiger partial charge in [0, 0.05) is 46.4 Å². The molecule has 5 rings (SSSR count). The molecule has 2 aliphatic heterocycles. The van der Waals surface area contributed by atoms with Crippen LogP contribution in [-0.2, 0) is 0 Å². The van der Waals surface area contributed by atoms with E-state index in [1.807, 2.05) is 12.3 Å². The zero-order valence-corrected chi connectivity index (χ0v) is 24.0. The molecular weight excluding hydrogens is 666 g/mol. The maximum Gasteiger partial charge on any atom is 0.203 e. The number of H-pyrrole nitrogens is 1. The lowest BCUT2D eigenvalue weighted by molar-refractivity contribution is 0.172. The van der Waals surface area contributed by atoms with E-state index < -0.39 is 0 Å². The summed E-state index contributed by atoms with van der Waals surface area (Å²) < 4.78 is 3.92. The minimum Gasteiger partial charge on any atom is -0.342 e. The monoisotopic (exact) mass is 687 g/mol. The largest absolute Gasteiger partial charge is 0.342 e. The number of piperidine rings is 2. The van der Waals surface area contributed by atoms with Gasteiger partial charge in [0.2, 0.25) is 5.95 Å². The molecule has 1 aromatic carbocycles. The van der Waals surface area contributed by atoms with E-state index in [1.165, 1.54) is 51.0 Å². The third-order valence-electron chi connectivity index (χ3n) is 6.73. The first-order valence-electron chi connectivity index (χ1n) is 11.1. The van der Waals surface area contributed by atoms with E-state index in [1.54, 1.807) is 0 Å². The van der Waals surface area contributed by atoms with E-state index in [0.717, 1.165) is 48.0 Å². The van der Waals surface area contributed by atoms with Crippen LogP contribution in [0, 0.1) is 5.92 Å². The van der Waals surface area contributed by atoms with Crippen LogP contribution in [-0.4, -0.2) is 52.6 Å². The molecule has 0 bridgehead atoms. The Hall–Kier alpha value is -0.480. The van der Waals surface area contributed by atoms with Crippen LogP contribution in [0.2, 0.25) is 0 Å². The van der Waals surface area contributed by atoms with Crippen LogP contribution < -0.4 is 4.90 Å². The topological polar surface area (TPSA) is 48.1 Å². The average Bonchev–Trinajstić information content (AvgIpc) is 3.29. The van der Waals surface area contributed by atoms with Crippen LogP contribution in [0.5, 0.6) is 0 Å². The number of aromatic nitrogens is 3. The Kier molecular flexibility index (Phi) is 7.29. The molecule has 2 fully saturated rings. The smallest absolute Gasteiger partial charge is 0.203 e. The fourth-order valence-corrected chi connectivity index (χ4v) is 7.32. The molecule has 2 saturated heterocycles. The van der Waals surface area contributed by atoms with Gasteiger partial charge in [0.1, 0.15) is 5.52 Å². The molecule has 5 nitrogen and oxygen atoms in total. The van der Waals surface area contributed by atoms with Crippen molar-refractivity contribution in [2.45, 2.75) is 31.6 Å². The summed E-state index contributed by atoms with van der Waals surface area (Å²) in [5, 5.41) is 0. The maximum absolute atomic E-state index is 4.95. The minimum absolute atomic E-state index is 0.612. The number of benzene rings is 1. The second-order valence-electron chi connectivity index (χ2n) is 8.82. The van der Waals surface area contributed by atoms with Gasteiger partial charge in [0.05, 0.1) is 14.5 Å². The summed E-state index contributed by atoms with van der Waals surface area (Å²) in [5.41, 5.74) is 3.22. The zero-order chi connectivity index (χ0) is 22.2. The molecule has 0 spiro atoms. The SMILES string of the molecule is Brc1c(Br)c(Br)c2[nH]c(N3CCCC(CN4CCC(c5ccccn5)CC4)C3)nc2c1Br. The molecule has 4 heterocycles. The summed E-state index contributed by atoms with van der Waals surface area (Å²) in [6.45, 7) is 5.62. The van der Waals surface area contributed by atoms with Crippen molar-refractivity contribution in [1.82, 2.24) is 19.9 Å². The first kappa shape index (κ1) is 23.3. The molecule has 0 aliphatic carbocycles. The van der Waals surface area contributed by atoms with E-state index >= 15 is 0 Å². The molecule has 1 atom stereocenters. The van der Waals surface area contributed by atoms with Crippen LogP contribution in [0.4, 0.5) is 5.95 Å². The predicted molar refractivity (Wildman–Crippen MR) is 144 cm³/mol. The molecule has 2 aromatic heterocycles. The number of nitrogens with zero attached hydrogens (tertiary/aromatic N) is 4. The van der Waals surface area contributed by atoms with Crippen LogP contribution >= 0.6 is 63.7 Å². The molecule has 1 unspecified atom stereocenters. The Morgan fingerprint density at radius 1 is 0.938 bits per heavy atom. The van der Waals surface area contributed by atoms with E-state index in [2.05, 4.69) is 95.6 Å². The first-order chi connectivity index (χ1) is 15.5. The van der Waals surface area contributed by atoms with Crippen molar-refractivity contribution < 1.29 is 0 Å². The van der Waals surface area contributed by atoms with Gasteiger partial charge >= 0.3 is 0 Å². The van der Waals surface area contributed by atoms with Crippen LogP contribution in [0.25, 0.3) is 11.0 Å². The van der Waals surface area contributed by atoms with Crippen molar-refractivity contribution in [2.24, 2.45) is 5.92 Å². The molecular formula is C23H25Br4N5. The standard InChI is InChI=1S/C23H25Br4N5/c24-17-18(25)20(27)22-21(19(17)26)29-23(30-22)32-9-3-4-14(13-32)12-31-10-6-15(7-11-31)16-5-1-2-8-28-16/h1-2,5,8,14-15H,3-4,6-7,9-13H2,(H,29,30). The predicted octanol–water partition coefficient (Wildman–Crippen LogP) is 7.10. The molecule has 1 N–H and O–H groups in total. The number of hydrogen-bond acceptors (Lipinski definition) is 4. The van der Waals surface area contributed by atoms with Gasteiger partial charge < -0.3 is 14.8 Å². The van der Waals surface area contributed by atoms with Gasteiger partial charge in [-0.1, -0.05) is 6.07 Å². The van der Waals surface area contributed by atoms with Crippen molar-refractivity contribution >= 4 is 80.7 Å². The van der Waals surface area contributed by atoms with E-state index in [9.17, 15) is 0 Å². The highest BCUT2D eigenvalue weighted by atomic mass is 79.9. The molecule has 9 heteroatoms. The molecule has 32 heavy (non-hydrogen) atoms. The van der Waals surface area contributed by atoms with Crippen LogP contribution in [0.1, 0.15) is 37.3 Å². The summed E-state index contributed by atoms with van der Waals surface area (Å²) in [5.74, 6) is 2.25. The van der Waals surface area contributed by atoms with Gasteiger partial charge in [-0.15, -0.1) is 0 Å². The quantitative estimate of drug-likeness (QED) is 0.235. The Morgan fingerprint density at radius 3 is 2.47 bits per heavy atom. The molecule has 2 aliphatic rings. The van der Waals surface area contributed by atoms with Crippen molar-refractivity contribution in [3.63, 3.8) is 0 Å². The van der Waals surface area contributed by atoms with Crippen molar-refractivity contribution in [3.8, 4) is 0 Å². The van der Waals surface area contributed by atoms with E-state index in [-0.39, 0.29) is 0 Å². The average molecular weight is 691 g/mol. The molecule has 3 aromatic rings. The maximum atomic E-state index is 4.95. The Balaban J connectivity index is 1.24. The highest BCUT2D eigenvalue weighted by Gasteiger charge is 2.28. The summed E-state index contributed by atoms with van der Waals surface area (Å²) in [7, 11) is 0. The number of halogens is 4. The fourth-order valence-electron chi connectivity index (χ4n) is 5.03.